The molecule has 0 spiro atoms. The largest absolute Gasteiger partial charge is 0.466 e. The minimum absolute atomic E-state index is 0.0217. The van der Waals surface area contributed by atoms with E-state index < -0.39 is 6.10 Å². The van der Waals surface area contributed by atoms with Gasteiger partial charge in [-0.05, 0) is 98.7 Å². The van der Waals surface area contributed by atoms with Gasteiger partial charge in [-0.1, -0.05) is 20.8 Å². The lowest BCUT2D eigenvalue weighted by molar-refractivity contribution is -0.218. The monoisotopic (exact) mass is 520 g/mol. The third kappa shape index (κ3) is 5.18. The molecule has 0 aromatic rings. The molecule has 0 radical (unpaired) electrons. The van der Waals surface area contributed by atoms with Gasteiger partial charge in [0.15, 0.2) is 0 Å². The van der Waals surface area contributed by atoms with Crippen LogP contribution in [0.5, 0.6) is 0 Å². The van der Waals surface area contributed by atoms with Crippen LogP contribution < -0.4 is 0 Å². The SMILES string of the molecule is CCOC(=O)CCC(C)C1CCC2C3C(OC(C)=O)CC4CC(OC(C)=O)CCC4(C)C3CC(O)C12C. The summed E-state index contributed by atoms with van der Waals surface area (Å²) in [5.74, 6) is 1.00. The maximum atomic E-state index is 12.3. The number of hydrogen-bond acceptors (Lipinski definition) is 7. The zero-order valence-electron chi connectivity index (χ0n) is 23.7. The first kappa shape index (κ1) is 28.4. The van der Waals surface area contributed by atoms with E-state index in [1.165, 1.54) is 13.8 Å². The lowest BCUT2D eigenvalue weighted by Gasteiger charge is -2.64. The zero-order valence-corrected chi connectivity index (χ0v) is 23.7. The number of hydrogen-bond donors (Lipinski definition) is 1. The van der Waals surface area contributed by atoms with Gasteiger partial charge >= 0.3 is 17.9 Å². The van der Waals surface area contributed by atoms with Gasteiger partial charge in [0.05, 0.1) is 12.7 Å². The molecule has 0 aromatic carbocycles. The van der Waals surface area contributed by atoms with Gasteiger partial charge < -0.3 is 19.3 Å². The number of rotatable bonds is 7. The first-order chi connectivity index (χ1) is 17.4. The topological polar surface area (TPSA) is 99.1 Å². The number of fused-ring (bicyclic) bond motifs is 5. The second-order valence-electron chi connectivity index (χ2n) is 13.0. The zero-order chi connectivity index (χ0) is 27.1. The highest BCUT2D eigenvalue weighted by Gasteiger charge is 2.66. The van der Waals surface area contributed by atoms with Gasteiger partial charge in [-0.15, -0.1) is 0 Å². The highest BCUT2D eigenvalue weighted by molar-refractivity contribution is 5.69. The summed E-state index contributed by atoms with van der Waals surface area (Å²) < 4.78 is 16.8. The maximum Gasteiger partial charge on any atom is 0.305 e. The number of carbonyl (C=O) groups is 3. The van der Waals surface area contributed by atoms with Crippen molar-refractivity contribution in [2.75, 3.05) is 6.61 Å². The van der Waals surface area contributed by atoms with Crippen molar-refractivity contribution in [1.29, 1.82) is 0 Å². The van der Waals surface area contributed by atoms with Crippen molar-refractivity contribution < 1.29 is 33.7 Å². The summed E-state index contributed by atoms with van der Waals surface area (Å²) in [6.45, 7) is 12.0. The van der Waals surface area contributed by atoms with E-state index in [-0.39, 0.29) is 64.6 Å². The molecule has 210 valence electrons. The van der Waals surface area contributed by atoms with Crippen LogP contribution in [0.15, 0.2) is 0 Å². The Morgan fingerprint density at radius 3 is 2.32 bits per heavy atom. The normalized spacial score (nSPS) is 43.5. The molecule has 37 heavy (non-hydrogen) atoms. The second kappa shape index (κ2) is 10.9. The smallest absolute Gasteiger partial charge is 0.305 e. The molecule has 11 atom stereocenters. The fraction of sp³-hybridized carbons (Fsp3) is 0.900. The van der Waals surface area contributed by atoms with Crippen LogP contribution >= 0.6 is 0 Å². The Labute approximate surface area is 222 Å². The Hall–Kier alpha value is -1.63. The molecule has 7 nitrogen and oxygen atoms in total. The molecule has 4 aliphatic rings. The van der Waals surface area contributed by atoms with E-state index in [0.29, 0.717) is 31.3 Å². The van der Waals surface area contributed by atoms with Crippen LogP contribution in [0.1, 0.15) is 99.3 Å². The Bertz CT molecular complexity index is 872. The summed E-state index contributed by atoms with van der Waals surface area (Å²) in [7, 11) is 0. The molecule has 4 fully saturated rings. The molecular weight excluding hydrogens is 472 g/mol. The molecule has 0 heterocycles. The molecule has 11 unspecified atom stereocenters. The molecule has 7 heteroatoms. The molecule has 0 aliphatic heterocycles. The van der Waals surface area contributed by atoms with Crippen LogP contribution in [-0.4, -0.2) is 47.9 Å². The van der Waals surface area contributed by atoms with Crippen LogP contribution in [0, 0.1) is 46.3 Å². The van der Waals surface area contributed by atoms with Gasteiger partial charge in [0, 0.05) is 26.2 Å². The minimum Gasteiger partial charge on any atom is -0.466 e. The van der Waals surface area contributed by atoms with Crippen molar-refractivity contribution in [3.63, 3.8) is 0 Å². The molecule has 4 saturated carbocycles. The molecule has 1 N–H and O–H groups in total. The fourth-order valence-electron chi connectivity index (χ4n) is 9.55. The molecule has 0 saturated heterocycles. The number of aliphatic hydroxyl groups is 1. The first-order valence-electron chi connectivity index (χ1n) is 14.6. The molecule has 4 aliphatic carbocycles. The van der Waals surface area contributed by atoms with E-state index in [4.69, 9.17) is 14.2 Å². The summed E-state index contributed by atoms with van der Waals surface area (Å²) in [6.07, 6.45) is 6.61. The maximum absolute atomic E-state index is 12.3. The standard InChI is InChI=1S/C30H48O7/c1-7-35-27(34)11-8-17(2)22-9-10-23-28-24(16-26(33)30(22,23)6)29(5)13-12-21(36-18(3)31)14-20(29)15-25(28)37-19(4)32/h17,20-26,28,33H,7-16H2,1-6H3. The first-order valence-corrected chi connectivity index (χ1v) is 14.6. The quantitative estimate of drug-likeness (QED) is 0.370. The van der Waals surface area contributed by atoms with Crippen molar-refractivity contribution in [3.8, 4) is 0 Å². The van der Waals surface area contributed by atoms with Gasteiger partial charge in [0.2, 0.25) is 0 Å². The van der Waals surface area contributed by atoms with Crippen molar-refractivity contribution >= 4 is 17.9 Å². The molecule has 0 aromatic heterocycles. The number of carbonyl (C=O) groups excluding carboxylic acids is 3. The lowest BCUT2D eigenvalue weighted by Crippen LogP contribution is -2.63. The Balaban J connectivity index is 1.59. The molecule has 4 rings (SSSR count). The van der Waals surface area contributed by atoms with Crippen LogP contribution in [0.2, 0.25) is 0 Å². The number of esters is 3. The van der Waals surface area contributed by atoms with Gasteiger partial charge in [0.1, 0.15) is 12.2 Å². The predicted molar refractivity (Wildman–Crippen MR) is 138 cm³/mol. The van der Waals surface area contributed by atoms with E-state index in [9.17, 15) is 19.5 Å². The predicted octanol–water partition coefficient (Wildman–Crippen LogP) is 5.07. The summed E-state index contributed by atoms with van der Waals surface area (Å²) >= 11 is 0. The van der Waals surface area contributed by atoms with Crippen LogP contribution in [0.3, 0.4) is 0 Å². The average Bonchev–Trinajstić information content (AvgIpc) is 3.17. The van der Waals surface area contributed by atoms with E-state index in [1.54, 1.807) is 0 Å². The van der Waals surface area contributed by atoms with Crippen molar-refractivity contribution in [3.05, 3.63) is 0 Å². The van der Waals surface area contributed by atoms with Crippen molar-refractivity contribution in [2.24, 2.45) is 46.3 Å². The second-order valence-corrected chi connectivity index (χ2v) is 13.0. The number of ether oxygens (including phenoxy) is 3. The van der Waals surface area contributed by atoms with E-state index >= 15 is 0 Å². The molecule has 0 bridgehead atoms. The van der Waals surface area contributed by atoms with Gasteiger partial charge in [-0.2, -0.15) is 0 Å². The Morgan fingerprint density at radius 2 is 1.68 bits per heavy atom. The van der Waals surface area contributed by atoms with Crippen molar-refractivity contribution in [2.45, 2.75) is 118 Å². The minimum atomic E-state index is -0.434. The van der Waals surface area contributed by atoms with E-state index in [2.05, 4.69) is 20.8 Å². The summed E-state index contributed by atoms with van der Waals surface area (Å²) in [5.41, 5.74) is -0.250. The average molecular weight is 521 g/mol. The third-order valence-electron chi connectivity index (χ3n) is 11.2. The Kier molecular flexibility index (Phi) is 8.33. The molecular formula is C30H48O7. The summed E-state index contributed by atoms with van der Waals surface area (Å²) in [5, 5.41) is 11.8. The van der Waals surface area contributed by atoms with Crippen molar-refractivity contribution in [1.82, 2.24) is 0 Å². The highest BCUT2D eigenvalue weighted by atomic mass is 16.5. The summed E-state index contributed by atoms with van der Waals surface area (Å²) in [4.78, 5) is 35.9. The number of aliphatic hydroxyl groups excluding tert-OH is 1. The Morgan fingerprint density at radius 1 is 0.973 bits per heavy atom. The third-order valence-corrected chi connectivity index (χ3v) is 11.2. The fourth-order valence-corrected chi connectivity index (χ4v) is 9.55. The van der Waals surface area contributed by atoms with E-state index in [1.807, 2.05) is 6.92 Å². The van der Waals surface area contributed by atoms with Crippen LogP contribution in [0.25, 0.3) is 0 Å². The lowest BCUT2D eigenvalue weighted by atomic mass is 9.43. The van der Waals surface area contributed by atoms with Crippen LogP contribution in [-0.2, 0) is 28.6 Å². The van der Waals surface area contributed by atoms with Gasteiger partial charge in [-0.3, -0.25) is 14.4 Å². The highest BCUT2D eigenvalue weighted by Crippen LogP contribution is 2.68. The summed E-state index contributed by atoms with van der Waals surface area (Å²) in [6, 6.07) is 0. The van der Waals surface area contributed by atoms with Gasteiger partial charge in [-0.25, -0.2) is 0 Å². The van der Waals surface area contributed by atoms with Gasteiger partial charge in [0.25, 0.3) is 0 Å². The van der Waals surface area contributed by atoms with E-state index in [0.717, 1.165) is 44.9 Å². The molecule has 0 amide bonds. The van der Waals surface area contributed by atoms with Crippen LogP contribution in [0.4, 0.5) is 0 Å².